The van der Waals surface area contributed by atoms with E-state index >= 15 is 0 Å². The minimum Gasteiger partial charge on any atom is -0.493 e. The van der Waals surface area contributed by atoms with E-state index in [0.717, 1.165) is 36.3 Å². The highest BCUT2D eigenvalue weighted by molar-refractivity contribution is 5.79. The number of fused-ring (bicyclic) bond motifs is 1. The number of carbonyl (C=O) groups excluding carboxylic acids is 1. The van der Waals surface area contributed by atoms with Gasteiger partial charge in [0.2, 0.25) is 5.91 Å². The highest BCUT2D eigenvalue weighted by Gasteiger charge is 2.43. The third kappa shape index (κ3) is 3.83. The molecule has 2 saturated carbocycles. The average Bonchev–Trinajstić information content (AvgIpc) is 3.20. The van der Waals surface area contributed by atoms with Gasteiger partial charge < -0.3 is 19.3 Å². The van der Waals surface area contributed by atoms with Gasteiger partial charge in [0.05, 0.1) is 20.6 Å². The van der Waals surface area contributed by atoms with Crippen LogP contribution in [0.15, 0.2) is 18.2 Å². The zero-order chi connectivity index (χ0) is 18.8. The van der Waals surface area contributed by atoms with E-state index in [9.17, 15) is 4.79 Å². The monoisotopic (exact) mass is 360 g/mol. The Hall–Kier alpha value is -1.75. The van der Waals surface area contributed by atoms with Crippen molar-refractivity contribution in [2.45, 2.75) is 44.2 Å². The molecule has 2 unspecified atom stereocenters. The average molecular weight is 360 g/mol. The third-order valence-corrected chi connectivity index (χ3v) is 6.44. The van der Waals surface area contributed by atoms with E-state index < -0.39 is 0 Å². The van der Waals surface area contributed by atoms with E-state index in [4.69, 9.17) is 9.47 Å². The lowest BCUT2D eigenvalue weighted by molar-refractivity contribution is -0.131. The summed E-state index contributed by atoms with van der Waals surface area (Å²) < 4.78 is 10.6. The number of hydrogen-bond donors (Lipinski definition) is 0. The third-order valence-electron chi connectivity index (χ3n) is 6.44. The largest absolute Gasteiger partial charge is 0.493 e. The molecular weight excluding hydrogens is 328 g/mol. The number of benzene rings is 1. The normalized spacial score (nSPS) is 27.5. The van der Waals surface area contributed by atoms with Gasteiger partial charge >= 0.3 is 0 Å². The van der Waals surface area contributed by atoms with Crippen molar-refractivity contribution in [3.05, 3.63) is 23.8 Å². The highest BCUT2D eigenvalue weighted by atomic mass is 16.5. The van der Waals surface area contributed by atoms with Crippen LogP contribution in [-0.2, 0) is 11.2 Å². The van der Waals surface area contributed by atoms with Crippen LogP contribution in [0.3, 0.4) is 0 Å². The summed E-state index contributed by atoms with van der Waals surface area (Å²) in [5.41, 5.74) is 0.963. The molecule has 0 saturated heterocycles. The van der Waals surface area contributed by atoms with Crippen molar-refractivity contribution in [2.24, 2.45) is 11.8 Å². The van der Waals surface area contributed by atoms with Gasteiger partial charge in [0.15, 0.2) is 11.5 Å². The van der Waals surface area contributed by atoms with Crippen LogP contribution >= 0.6 is 0 Å². The minimum atomic E-state index is 0.186. The molecule has 2 aliphatic rings. The molecule has 0 radical (unpaired) electrons. The van der Waals surface area contributed by atoms with Crippen LogP contribution in [0, 0.1) is 11.8 Å². The molecule has 26 heavy (non-hydrogen) atoms. The summed E-state index contributed by atoms with van der Waals surface area (Å²) in [5, 5.41) is 0. The van der Waals surface area contributed by atoms with Gasteiger partial charge in [-0.3, -0.25) is 4.79 Å². The molecule has 1 aromatic carbocycles. The molecule has 5 heteroatoms. The van der Waals surface area contributed by atoms with Crippen molar-refractivity contribution in [3.63, 3.8) is 0 Å². The summed E-state index contributed by atoms with van der Waals surface area (Å²) in [6.45, 7) is 0. The summed E-state index contributed by atoms with van der Waals surface area (Å²) >= 11 is 0. The van der Waals surface area contributed by atoms with E-state index in [1.165, 1.54) is 12.8 Å². The first-order chi connectivity index (χ1) is 12.4. The van der Waals surface area contributed by atoms with Gasteiger partial charge in [-0.25, -0.2) is 0 Å². The van der Waals surface area contributed by atoms with Crippen LogP contribution in [0.5, 0.6) is 11.5 Å². The number of ether oxygens (including phenoxy) is 2. The smallest absolute Gasteiger partial charge is 0.226 e. The SMILES string of the molecule is COc1ccc(CC(=O)N(C)C2C[C@H]3CC(N(C)C)C[C@H]3C2)cc1OC. The molecule has 144 valence electrons. The first-order valence-electron chi connectivity index (χ1n) is 9.55. The second-order valence-electron chi connectivity index (χ2n) is 8.10. The van der Waals surface area contributed by atoms with Crippen molar-refractivity contribution in [1.29, 1.82) is 0 Å². The standard InChI is InChI=1S/C21H32N2O3/c1-22(2)17-10-15-12-18(13-16(15)11-17)23(3)21(24)9-14-6-7-19(25-4)20(8-14)26-5/h6-8,15-18H,9-13H2,1-5H3/t15-,16+,17?,18?. The molecule has 3 rings (SSSR count). The first kappa shape index (κ1) is 19.0. The molecule has 2 fully saturated rings. The Morgan fingerprint density at radius 1 is 0.962 bits per heavy atom. The predicted octanol–water partition coefficient (Wildman–Crippen LogP) is 2.82. The second kappa shape index (κ2) is 7.87. The quantitative estimate of drug-likeness (QED) is 0.782. The van der Waals surface area contributed by atoms with Crippen LogP contribution < -0.4 is 9.47 Å². The van der Waals surface area contributed by atoms with E-state index in [1.54, 1.807) is 14.2 Å². The van der Waals surface area contributed by atoms with E-state index in [2.05, 4.69) is 19.0 Å². The Kier molecular flexibility index (Phi) is 5.76. The van der Waals surface area contributed by atoms with Gasteiger partial charge in [-0.2, -0.15) is 0 Å². The van der Waals surface area contributed by atoms with Crippen LogP contribution in [0.2, 0.25) is 0 Å². The maximum Gasteiger partial charge on any atom is 0.226 e. The van der Waals surface area contributed by atoms with E-state index in [0.29, 0.717) is 24.0 Å². The lowest BCUT2D eigenvalue weighted by Crippen LogP contribution is -2.37. The van der Waals surface area contributed by atoms with Crippen LogP contribution in [0.4, 0.5) is 0 Å². The summed E-state index contributed by atoms with van der Waals surface area (Å²) in [6.07, 6.45) is 5.28. The summed E-state index contributed by atoms with van der Waals surface area (Å²) in [4.78, 5) is 17.1. The van der Waals surface area contributed by atoms with Gasteiger partial charge in [0.25, 0.3) is 0 Å². The van der Waals surface area contributed by atoms with Gasteiger partial charge in [-0.05, 0) is 69.3 Å². The molecule has 2 aliphatic carbocycles. The van der Waals surface area contributed by atoms with Crippen molar-refractivity contribution >= 4 is 5.91 Å². The lowest BCUT2D eigenvalue weighted by Gasteiger charge is -2.27. The predicted molar refractivity (Wildman–Crippen MR) is 103 cm³/mol. The molecule has 0 heterocycles. The van der Waals surface area contributed by atoms with Gasteiger partial charge in [0.1, 0.15) is 0 Å². The van der Waals surface area contributed by atoms with Crippen molar-refractivity contribution in [3.8, 4) is 11.5 Å². The molecule has 5 nitrogen and oxygen atoms in total. The lowest BCUT2D eigenvalue weighted by atomic mass is 10.0. The number of carbonyl (C=O) groups is 1. The second-order valence-corrected chi connectivity index (χ2v) is 8.10. The fraction of sp³-hybridized carbons (Fsp3) is 0.667. The Morgan fingerprint density at radius 3 is 2.08 bits per heavy atom. The van der Waals surface area contributed by atoms with Crippen molar-refractivity contribution in [1.82, 2.24) is 9.80 Å². The number of hydrogen-bond acceptors (Lipinski definition) is 4. The van der Waals surface area contributed by atoms with Crippen LogP contribution in [0.1, 0.15) is 31.2 Å². The molecular formula is C21H32N2O3. The van der Waals surface area contributed by atoms with E-state index in [1.807, 2.05) is 30.1 Å². The fourth-order valence-corrected chi connectivity index (χ4v) is 4.78. The molecule has 0 aliphatic heterocycles. The number of amides is 1. The van der Waals surface area contributed by atoms with Crippen molar-refractivity contribution < 1.29 is 14.3 Å². The number of nitrogens with zero attached hydrogens (tertiary/aromatic N) is 2. The maximum atomic E-state index is 12.8. The van der Waals surface area contributed by atoms with Gasteiger partial charge in [-0.15, -0.1) is 0 Å². The topological polar surface area (TPSA) is 42.0 Å². The molecule has 0 spiro atoms. The minimum absolute atomic E-state index is 0.186. The van der Waals surface area contributed by atoms with Crippen LogP contribution in [0.25, 0.3) is 0 Å². The molecule has 4 atom stereocenters. The maximum absolute atomic E-state index is 12.8. The number of methoxy groups -OCH3 is 2. The van der Waals surface area contributed by atoms with Crippen molar-refractivity contribution in [2.75, 3.05) is 35.4 Å². The summed E-state index contributed by atoms with van der Waals surface area (Å²) in [7, 11) is 9.57. The Morgan fingerprint density at radius 2 is 1.54 bits per heavy atom. The summed E-state index contributed by atoms with van der Waals surface area (Å²) in [5.74, 6) is 3.11. The first-order valence-corrected chi connectivity index (χ1v) is 9.55. The molecule has 0 aromatic heterocycles. The number of rotatable bonds is 6. The number of likely N-dealkylation sites (N-methyl/N-ethyl adjacent to an activating group) is 1. The zero-order valence-electron chi connectivity index (χ0n) is 16.7. The molecule has 0 N–H and O–H groups in total. The molecule has 1 aromatic rings. The van der Waals surface area contributed by atoms with E-state index in [-0.39, 0.29) is 5.91 Å². The molecule has 1 amide bonds. The highest BCUT2D eigenvalue weighted by Crippen LogP contribution is 2.46. The molecule has 0 bridgehead atoms. The fourth-order valence-electron chi connectivity index (χ4n) is 4.78. The van der Waals surface area contributed by atoms with Gasteiger partial charge in [-0.1, -0.05) is 6.07 Å². The van der Waals surface area contributed by atoms with Gasteiger partial charge in [0, 0.05) is 19.1 Å². The summed E-state index contributed by atoms with van der Waals surface area (Å²) in [6, 6.07) is 6.82. The Labute approximate surface area is 157 Å². The zero-order valence-corrected chi connectivity index (χ0v) is 16.7. The van der Waals surface area contributed by atoms with Crippen LogP contribution in [-0.4, -0.2) is 63.2 Å². The Bertz CT molecular complexity index is 632. The Balaban J connectivity index is 1.58.